The minimum atomic E-state index is -0.485. The number of carbonyl (C=O) groups is 3. The Balaban J connectivity index is 2.39. The minimum Gasteiger partial charge on any atom is -0.495 e. The molecule has 0 aromatic heterocycles. The summed E-state index contributed by atoms with van der Waals surface area (Å²) in [6.45, 7) is 1.32. The fourth-order valence-corrected chi connectivity index (χ4v) is 2.40. The number of rotatable bonds is 6. The summed E-state index contributed by atoms with van der Waals surface area (Å²) in [5.74, 6) is -0.714. The Morgan fingerprint density at radius 2 is 1.79 bits per heavy atom. The Labute approximate surface area is 144 Å². The molecule has 6 heteroatoms. The summed E-state index contributed by atoms with van der Waals surface area (Å²) in [4.78, 5) is 35.5. The van der Waals surface area contributed by atoms with Crippen LogP contribution in [0.25, 0.3) is 0 Å². The molecule has 0 saturated carbocycles. The van der Waals surface area contributed by atoms with Gasteiger partial charge in [-0.15, -0.1) is 0 Å². The Morgan fingerprint density at radius 1 is 1.12 bits per heavy atom. The summed E-state index contributed by atoms with van der Waals surface area (Å²) in [6, 6.07) is 11.6. The number of ether oxygens (including phenoxy) is 1. The zero-order chi connectivity index (χ0) is 17.7. The molecule has 0 spiro atoms. The molecular formula is C18H16ClNO4. The maximum Gasteiger partial charge on any atom is 0.231 e. The smallest absolute Gasteiger partial charge is 0.231 e. The molecule has 2 aromatic carbocycles. The molecule has 0 aliphatic rings. The number of methoxy groups -OCH3 is 1. The number of carbonyl (C=O) groups excluding carboxylic acids is 3. The Kier molecular flexibility index (Phi) is 5.71. The van der Waals surface area contributed by atoms with Gasteiger partial charge in [-0.05, 0) is 13.0 Å². The van der Waals surface area contributed by atoms with Gasteiger partial charge in [-0.25, -0.2) is 0 Å². The highest BCUT2D eigenvalue weighted by molar-refractivity contribution is 6.35. The molecule has 24 heavy (non-hydrogen) atoms. The highest BCUT2D eigenvalue weighted by Gasteiger charge is 2.18. The summed E-state index contributed by atoms with van der Waals surface area (Å²) >= 11 is 6.18. The third-order valence-electron chi connectivity index (χ3n) is 3.25. The predicted octanol–water partition coefficient (Wildman–Crippen LogP) is 3.50. The molecule has 0 radical (unpaired) electrons. The maximum absolute atomic E-state index is 12.6. The van der Waals surface area contributed by atoms with Crippen LogP contribution in [0.3, 0.4) is 0 Å². The summed E-state index contributed by atoms with van der Waals surface area (Å²) in [7, 11) is 1.42. The first-order valence-corrected chi connectivity index (χ1v) is 7.56. The third kappa shape index (κ3) is 4.20. The SMILES string of the molecule is COc1cc(Cl)c(C(=O)c2ccccc2)cc1NC(=O)CC(C)=O. The van der Waals surface area contributed by atoms with Crippen molar-refractivity contribution in [3.05, 3.63) is 58.6 Å². The van der Waals surface area contributed by atoms with Gasteiger partial charge < -0.3 is 10.1 Å². The molecule has 0 bridgehead atoms. The number of nitrogens with one attached hydrogen (secondary N) is 1. The molecular weight excluding hydrogens is 330 g/mol. The molecule has 1 N–H and O–H groups in total. The largest absolute Gasteiger partial charge is 0.495 e. The van der Waals surface area contributed by atoms with Gasteiger partial charge in [0.15, 0.2) is 5.78 Å². The lowest BCUT2D eigenvalue weighted by molar-refractivity contribution is -0.124. The van der Waals surface area contributed by atoms with E-state index in [1.54, 1.807) is 30.3 Å². The van der Waals surface area contributed by atoms with Crippen LogP contribution >= 0.6 is 11.6 Å². The van der Waals surface area contributed by atoms with Gasteiger partial charge >= 0.3 is 0 Å². The van der Waals surface area contributed by atoms with E-state index < -0.39 is 5.91 Å². The molecule has 1 amide bonds. The van der Waals surface area contributed by atoms with Gasteiger partial charge in [0.2, 0.25) is 5.91 Å². The fraction of sp³-hybridized carbons (Fsp3) is 0.167. The molecule has 124 valence electrons. The lowest BCUT2D eigenvalue weighted by Gasteiger charge is -2.13. The van der Waals surface area contributed by atoms with Crippen LogP contribution in [0.4, 0.5) is 5.69 Å². The van der Waals surface area contributed by atoms with Crippen molar-refractivity contribution in [1.82, 2.24) is 0 Å². The predicted molar refractivity (Wildman–Crippen MR) is 91.8 cm³/mol. The molecule has 5 nitrogen and oxygen atoms in total. The van der Waals surface area contributed by atoms with Gasteiger partial charge in [-0.2, -0.15) is 0 Å². The quantitative estimate of drug-likeness (QED) is 0.642. The van der Waals surface area contributed by atoms with E-state index in [1.165, 1.54) is 26.2 Å². The summed E-state index contributed by atoms with van der Waals surface area (Å²) in [5, 5.41) is 2.78. The standard InChI is InChI=1S/C18H16ClNO4/c1-11(21)8-17(22)20-15-9-13(14(19)10-16(15)24-2)18(23)12-6-4-3-5-7-12/h3-7,9-10H,8H2,1-2H3,(H,20,22). The molecule has 0 aliphatic heterocycles. The van der Waals surface area contributed by atoms with Gasteiger partial charge in [0, 0.05) is 17.2 Å². The van der Waals surface area contributed by atoms with Gasteiger partial charge in [0.1, 0.15) is 11.5 Å². The number of Topliss-reactive ketones (excluding diaryl/α,β-unsaturated/α-hetero) is 1. The van der Waals surface area contributed by atoms with Crippen molar-refractivity contribution in [1.29, 1.82) is 0 Å². The van der Waals surface area contributed by atoms with Crippen molar-refractivity contribution in [2.75, 3.05) is 12.4 Å². The number of anilines is 1. The van der Waals surface area contributed by atoms with E-state index in [-0.39, 0.29) is 34.3 Å². The number of benzene rings is 2. The van der Waals surface area contributed by atoms with Crippen molar-refractivity contribution < 1.29 is 19.1 Å². The van der Waals surface area contributed by atoms with Crippen LogP contribution in [0.15, 0.2) is 42.5 Å². The van der Waals surface area contributed by atoms with E-state index in [0.717, 1.165) is 0 Å². The second-order valence-electron chi connectivity index (χ2n) is 5.15. The van der Waals surface area contributed by atoms with Gasteiger partial charge in [-0.3, -0.25) is 14.4 Å². The molecule has 2 aromatic rings. The Morgan fingerprint density at radius 3 is 2.38 bits per heavy atom. The molecule has 0 atom stereocenters. The van der Waals surface area contributed by atoms with Crippen LogP contribution in [0.5, 0.6) is 5.75 Å². The van der Waals surface area contributed by atoms with Gasteiger partial charge in [0.05, 0.1) is 24.2 Å². The number of halogens is 1. The van der Waals surface area contributed by atoms with E-state index in [4.69, 9.17) is 16.3 Å². The summed E-state index contributed by atoms with van der Waals surface area (Å²) in [5.41, 5.74) is 1.000. The molecule has 0 aliphatic carbocycles. The van der Waals surface area contributed by atoms with Crippen molar-refractivity contribution in [2.45, 2.75) is 13.3 Å². The normalized spacial score (nSPS) is 10.1. The first-order chi connectivity index (χ1) is 11.4. The van der Waals surface area contributed by atoms with Crippen LogP contribution in [0.2, 0.25) is 5.02 Å². The molecule has 0 heterocycles. The summed E-state index contributed by atoms with van der Waals surface area (Å²) in [6.07, 6.45) is -0.256. The van der Waals surface area contributed by atoms with E-state index in [1.807, 2.05) is 0 Å². The minimum absolute atomic E-state index is 0.213. The lowest BCUT2D eigenvalue weighted by atomic mass is 10.0. The second kappa shape index (κ2) is 7.75. The van der Waals surface area contributed by atoms with Crippen LogP contribution in [-0.2, 0) is 9.59 Å². The third-order valence-corrected chi connectivity index (χ3v) is 3.57. The number of hydrogen-bond donors (Lipinski definition) is 1. The average Bonchev–Trinajstić information content (AvgIpc) is 2.55. The fourth-order valence-electron chi connectivity index (χ4n) is 2.16. The van der Waals surface area contributed by atoms with Crippen molar-refractivity contribution in [3.63, 3.8) is 0 Å². The monoisotopic (exact) mass is 345 g/mol. The first kappa shape index (κ1) is 17.7. The zero-order valence-electron chi connectivity index (χ0n) is 13.3. The molecule has 2 rings (SSSR count). The van der Waals surface area contributed by atoms with E-state index in [0.29, 0.717) is 11.3 Å². The van der Waals surface area contributed by atoms with Crippen molar-refractivity contribution in [2.24, 2.45) is 0 Å². The number of hydrogen-bond acceptors (Lipinski definition) is 4. The van der Waals surface area contributed by atoms with Crippen LogP contribution in [0.1, 0.15) is 29.3 Å². The van der Waals surface area contributed by atoms with Crippen molar-refractivity contribution >= 4 is 34.8 Å². The first-order valence-electron chi connectivity index (χ1n) is 7.19. The number of amides is 1. The van der Waals surface area contributed by atoms with Crippen molar-refractivity contribution in [3.8, 4) is 5.75 Å². The van der Waals surface area contributed by atoms with E-state index >= 15 is 0 Å². The van der Waals surface area contributed by atoms with Crippen LogP contribution in [0, 0.1) is 0 Å². The van der Waals surface area contributed by atoms with Gasteiger partial charge in [-0.1, -0.05) is 41.9 Å². The zero-order valence-corrected chi connectivity index (χ0v) is 14.0. The molecule has 0 unspecified atom stereocenters. The van der Waals surface area contributed by atoms with E-state index in [2.05, 4.69) is 5.32 Å². The average molecular weight is 346 g/mol. The van der Waals surface area contributed by atoms with E-state index in [9.17, 15) is 14.4 Å². The molecule has 0 fully saturated rings. The second-order valence-corrected chi connectivity index (χ2v) is 5.56. The lowest BCUT2D eigenvalue weighted by Crippen LogP contribution is -2.16. The van der Waals surface area contributed by atoms with Gasteiger partial charge in [0.25, 0.3) is 0 Å². The van der Waals surface area contributed by atoms with Crippen LogP contribution in [-0.4, -0.2) is 24.6 Å². The molecule has 0 saturated heterocycles. The van der Waals surface area contributed by atoms with Crippen LogP contribution < -0.4 is 10.1 Å². The Bertz CT molecular complexity index is 787. The Hall–Kier alpha value is -2.66. The highest BCUT2D eigenvalue weighted by Crippen LogP contribution is 2.32. The topological polar surface area (TPSA) is 72.5 Å². The highest BCUT2D eigenvalue weighted by atomic mass is 35.5. The number of ketones is 2. The maximum atomic E-state index is 12.6. The summed E-state index contributed by atoms with van der Waals surface area (Å²) < 4.78 is 5.18.